The first-order valence-electron chi connectivity index (χ1n) is 8.20. The van der Waals surface area contributed by atoms with Crippen molar-refractivity contribution in [2.75, 3.05) is 0 Å². The second kappa shape index (κ2) is 5.67. The number of hydrogen-bond donors (Lipinski definition) is 1. The summed E-state index contributed by atoms with van der Waals surface area (Å²) in [5, 5.41) is 1.95. The minimum Gasteiger partial charge on any atom is -0.356 e. The Morgan fingerprint density at radius 3 is 2.58 bits per heavy atom. The maximum atomic E-state index is 12.4. The zero-order valence-electron chi connectivity index (χ0n) is 13.7. The van der Waals surface area contributed by atoms with Crippen LogP contribution >= 0.6 is 11.6 Å². The standard InChI is InChI=1S/C20H19ClN2O/c1-12-11-17-16-5-3-4-6-18(16)22-19(17)20(23(12)13(2)24)14-7-9-15(21)10-8-14/h3-10,12,20,22H,11H2,1-2H3/t12-,20-/m0/s1. The predicted molar refractivity (Wildman–Crippen MR) is 97.3 cm³/mol. The second-order valence-electron chi connectivity index (χ2n) is 6.50. The van der Waals surface area contributed by atoms with E-state index in [9.17, 15) is 4.79 Å². The van der Waals surface area contributed by atoms with Gasteiger partial charge in [0.2, 0.25) is 5.91 Å². The zero-order chi connectivity index (χ0) is 16.8. The number of H-pyrrole nitrogens is 1. The molecule has 0 aliphatic carbocycles. The van der Waals surface area contributed by atoms with Crippen LogP contribution in [0.5, 0.6) is 0 Å². The van der Waals surface area contributed by atoms with Gasteiger partial charge in [0.05, 0.1) is 6.04 Å². The van der Waals surface area contributed by atoms with Crippen LogP contribution in [0.3, 0.4) is 0 Å². The highest BCUT2D eigenvalue weighted by molar-refractivity contribution is 6.30. The summed E-state index contributed by atoms with van der Waals surface area (Å²) in [5.74, 6) is 0.0896. The Hall–Kier alpha value is -2.26. The van der Waals surface area contributed by atoms with E-state index >= 15 is 0 Å². The Kier molecular flexibility index (Phi) is 3.61. The topological polar surface area (TPSA) is 36.1 Å². The smallest absolute Gasteiger partial charge is 0.220 e. The Morgan fingerprint density at radius 1 is 1.17 bits per heavy atom. The van der Waals surface area contributed by atoms with Crippen molar-refractivity contribution >= 4 is 28.4 Å². The van der Waals surface area contributed by atoms with Crippen LogP contribution in [0.2, 0.25) is 5.02 Å². The van der Waals surface area contributed by atoms with Crippen LogP contribution in [-0.2, 0) is 11.2 Å². The lowest BCUT2D eigenvalue weighted by Crippen LogP contribution is -2.45. The van der Waals surface area contributed by atoms with Gasteiger partial charge >= 0.3 is 0 Å². The van der Waals surface area contributed by atoms with Gasteiger partial charge in [0.25, 0.3) is 0 Å². The molecular weight excluding hydrogens is 320 g/mol. The molecule has 0 spiro atoms. The fourth-order valence-corrected chi connectivity index (χ4v) is 4.05. The fraction of sp³-hybridized carbons (Fsp3) is 0.250. The third kappa shape index (κ3) is 2.31. The number of hydrogen-bond acceptors (Lipinski definition) is 1. The first-order chi connectivity index (χ1) is 11.6. The van der Waals surface area contributed by atoms with Crippen LogP contribution in [0, 0.1) is 0 Å². The molecule has 4 heteroatoms. The van der Waals surface area contributed by atoms with E-state index < -0.39 is 0 Å². The molecule has 0 saturated heterocycles. The minimum atomic E-state index is -0.106. The zero-order valence-corrected chi connectivity index (χ0v) is 14.5. The van der Waals surface area contributed by atoms with Gasteiger partial charge in [0.1, 0.15) is 0 Å². The van der Waals surface area contributed by atoms with Gasteiger partial charge in [-0.3, -0.25) is 4.79 Å². The number of benzene rings is 2. The number of carbonyl (C=O) groups is 1. The molecule has 1 N–H and O–H groups in total. The van der Waals surface area contributed by atoms with Crippen molar-refractivity contribution in [1.29, 1.82) is 0 Å². The van der Waals surface area contributed by atoms with Gasteiger partial charge in [0, 0.05) is 34.6 Å². The number of para-hydroxylation sites is 1. The van der Waals surface area contributed by atoms with E-state index in [1.54, 1.807) is 6.92 Å². The Bertz CT molecular complexity index is 913. The van der Waals surface area contributed by atoms with Gasteiger partial charge in [-0.05, 0) is 42.7 Å². The summed E-state index contributed by atoms with van der Waals surface area (Å²) in [5.41, 5.74) is 4.63. The van der Waals surface area contributed by atoms with E-state index in [0.717, 1.165) is 23.2 Å². The highest BCUT2D eigenvalue weighted by atomic mass is 35.5. The SMILES string of the molecule is CC(=O)N1[C@@H](c2ccc(Cl)cc2)c2[nH]c3ccccc3c2C[C@@H]1C. The van der Waals surface area contributed by atoms with E-state index in [2.05, 4.69) is 30.1 Å². The van der Waals surface area contributed by atoms with Gasteiger partial charge in [-0.15, -0.1) is 0 Å². The van der Waals surface area contributed by atoms with Crippen molar-refractivity contribution in [1.82, 2.24) is 9.88 Å². The molecule has 1 aliphatic heterocycles. The number of aromatic nitrogens is 1. The number of fused-ring (bicyclic) bond motifs is 3. The summed E-state index contributed by atoms with van der Waals surface area (Å²) < 4.78 is 0. The maximum Gasteiger partial charge on any atom is 0.220 e. The van der Waals surface area contributed by atoms with E-state index in [1.165, 1.54) is 10.9 Å². The van der Waals surface area contributed by atoms with Crippen molar-refractivity contribution in [3.05, 3.63) is 70.4 Å². The van der Waals surface area contributed by atoms with E-state index in [-0.39, 0.29) is 18.0 Å². The quantitative estimate of drug-likeness (QED) is 0.685. The molecule has 0 radical (unpaired) electrons. The summed E-state index contributed by atoms with van der Waals surface area (Å²) in [6.07, 6.45) is 0.864. The van der Waals surface area contributed by atoms with Crippen molar-refractivity contribution in [3.8, 4) is 0 Å². The largest absolute Gasteiger partial charge is 0.356 e. The van der Waals surface area contributed by atoms with Crippen molar-refractivity contribution in [2.24, 2.45) is 0 Å². The predicted octanol–water partition coefficient (Wildman–Crippen LogP) is 4.70. The fourth-order valence-electron chi connectivity index (χ4n) is 3.93. The summed E-state index contributed by atoms with van der Waals surface area (Å²) in [6, 6.07) is 16.2. The number of rotatable bonds is 1. The maximum absolute atomic E-state index is 12.4. The van der Waals surface area contributed by atoms with Crippen LogP contribution in [0.1, 0.15) is 36.7 Å². The summed E-state index contributed by atoms with van der Waals surface area (Å²) in [6.45, 7) is 3.77. The molecule has 1 aromatic heterocycles. The van der Waals surface area contributed by atoms with Crippen molar-refractivity contribution in [2.45, 2.75) is 32.4 Å². The van der Waals surface area contributed by atoms with Gasteiger partial charge < -0.3 is 9.88 Å². The van der Waals surface area contributed by atoms with Crippen molar-refractivity contribution in [3.63, 3.8) is 0 Å². The molecule has 2 heterocycles. The van der Waals surface area contributed by atoms with Crippen LogP contribution in [-0.4, -0.2) is 21.8 Å². The molecule has 2 aromatic carbocycles. The molecule has 24 heavy (non-hydrogen) atoms. The van der Waals surface area contributed by atoms with Gasteiger partial charge in [0.15, 0.2) is 0 Å². The highest BCUT2D eigenvalue weighted by Crippen LogP contribution is 2.40. The molecule has 4 rings (SSSR count). The first-order valence-corrected chi connectivity index (χ1v) is 8.58. The first kappa shape index (κ1) is 15.3. The monoisotopic (exact) mass is 338 g/mol. The van der Waals surface area contributed by atoms with Gasteiger partial charge in [-0.1, -0.05) is 41.9 Å². The molecule has 3 aromatic rings. The number of amides is 1. The summed E-state index contributed by atoms with van der Waals surface area (Å²) in [7, 11) is 0. The average Bonchev–Trinajstić information content (AvgIpc) is 2.92. The third-order valence-corrected chi connectivity index (χ3v) is 5.17. The third-order valence-electron chi connectivity index (χ3n) is 4.92. The highest BCUT2D eigenvalue weighted by Gasteiger charge is 2.36. The number of halogens is 1. The summed E-state index contributed by atoms with van der Waals surface area (Å²) in [4.78, 5) is 17.9. The number of carbonyl (C=O) groups excluding carboxylic acids is 1. The van der Waals surface area contributed by atoms with E-state index in [4.69, 9.17) is 11.6 Å². The molecule has 0 saturated carbocycles. The molecule has 0 bridgehead atoms. The number of nitrogens with one attached hydrogen (secondary N) is 1. The second-order valence-corrected chi connectivity index (χ2v) is 6.93. The Balaban J connectivity index is 1.96. The van der Waals surface area contributed by atoms with Crippen LogP contribution in [0.15, 0.2) is 48.5 Å². The van der Waals surface area contributed by atoms with Crippen molar-refractivity contribution < 1.29 is 4.79 Å². The van der Waals surface area contributed by atoms with E-state index in [0.29, 0.717) is 5.02 Å². The lowest BCUT2D eigenvalue weighted by Gasteiger charge is -2.40. The number of aromatic amines is 1. The lowest BCUT2D eigenvalue weighted by molar-refractivity contribution is -0.133. The lowest BCUT2D eigenvalue weighted by atomic mass is 9.88. The molecule has 1 amide bonds. The van der Waals surface area contributed by atoms with Gasteiger partial charge in [-0.2, -0.15) is 0 Å². The Labute approximate surface area is 146 Å². The van der Waals surface area contributed by atoms with Gasteiger partial charge in [-0.25, -0.2) is 0 Å². The normalized spacial score (nSPS) is 20.2. The molecular formula is C20H19ClN2O. The number of nitrogens with zero attached hydrogens (tertiary/aromatic N) is 1. The molecule has 1 aliphatic rings. The minimum absolute atomic E-state index is 0.0896. The Morgan fingerprint density at radius 2 is 1.88 bits per heavy atom. The van der Waals surface area contributed by atoms with Crippen LogP contribution < -0.4 is 0 Å². The van der Waals surface area contributed by atoms with Crippen LogP contribution in [0.4, 0.5) is 0 Å². The molecule has 2 atom stereocenters. The molecule has 0 unspecified atom stereocenters. The molecule has 0 fully saturated rings. The van der Waals surface area contributed by atoms with E-state index in [1.807, 2.05) is 35.2 Å². The van der Waals surface area contributed by atoms with Crippen LogP contribution in [0.25, 0.3) is 10.9 Å². The molecule has 3 nitrogen and oxygen atoms in total. The molecule has 122 valence electrons. The average molecular weight is 339 g/mol. The summed E-state index contributed by atoms with van der Waals surface area (Å²) >= 11 is 6.05.